The van der Waals surface area contributed by atoms with Gasteiger partial charge in [-0.25, -0.2) is 0 Å². The smallest absolute Gasteiger partial charge is 0.118 e. The standard InChI is InChI=1S/C21H19NO/c1-23-21-13-9-18(10-14-21)16-22-15-17-7-11-20(12-8-17)19-5-3-2-4-6-19/h2-15H,16H2,1H3/b22-15+. The predicted molar refractivity (Wildman–Crippen MR) is 96.2 cm³/mol. The summed E-state index contributed by atoms with van der Waals surface area (Å²) in [7, 11) is 1.67. The zero-order valence-corrected chi connectivity index (χ0v) is 13.1. The van der Waals surface area contributed by atoms with E-state index in [9.17, 15) is 0 Å². The van der Waals surface area contributed by atoms with E-state index in [2.05, 4.69) is 53.5 Å². The average Bonchev–Trinajstić information content (AvgIpc) is 2.64. The lowest BCUT2D eigenvalue weighted by Crippen LogP contribution is -1.87. The van der Waals surface area contributed by atoms with Crippen LogP contribution in [-0.4, -0.2) is 13.3 Å². The van der Waals surface area contributed by atoms with Crippen molar-refractivity contribution in [2.45, 2.75) is 6.54 Å². The summed E-state index contributed by atoms with van der Waals surface area (Å²) in [6.45, 7) is 0.671. The summed E-state index contributed by atoms with van der Waals surface area (Å²) in [5.74, 6) is 0.870. The third kappa shape index (κ3) is 4.07. The van der Waals surface area contributed by atoms with E-state index in [1.165, 1.54) is 16.7 Å². The molecule has 0 heterocycles. The molecule has 0 atom stereocenters. The van der Waals surface area contributed by atoms with Gasteiger partial charge >= 0.3 is 0 Å². The fourth-order valence-corrected chi connectivity index (χ4v) is 2.38. The minimum absolute atomic E-state index is 0.671. The van der Waals surface area contributed by atoms with Crippen molar-refractivity contribution in [3.8, 4) is 16.9 Å². The van der Waals surface area contributed by atoms with Gasteiger partial charge in [0.05, 0.1) is 13.7 Å². The Morgan fingerprint density at radius 1 is 0.783 bits per heavy atom. The highest BCUT2D eigenvalue weighted by Crippen LogP contribution is 2.18. The fourth-order valence-electron chi connectivity index (χ4n) is 2.38. The van der Waals surface area contributed by atoms with Crippen LogP contribution in [-0.2, 0) is 6.54 Å². The molecule has 0 amide bonds. The monoisotopic (exact) mass is 301 g/mol. The zero-order chi connectivity index (χ0) is 15.9. The van der Waals surface area contributed by atoms with Gasteiger partial charge in [0.2, 0.25) is 0 Å². The molecule has 2 heteroatoms. The number of hydrogen-bond donors (Lipinski definition) is 0. The Bertz CT molecular complexity index is 759. The minimum atomic E-state index is 0.671. The van der Waals surface area contributed by atoms with Crippen LogP contribution >= 0.6 is 0 Å². The normalized spacial score (nSPS) is 10.8. The van der Waals surface area contributed by atoms with E-state index < -0.39 is 0 Å². The summed E-state index contributed by atoms with van der Waals surface area (Å²) < 4.78 is 5.15. The Balaban J connectivity index is 1.63. The summed E-state index contributed by atoms with van der Waals surface area (Å²) in [6, 6.07) is 26.8. The lowest BCUT2D eigenvalue weighted by atomic mass is 10.0. The molecule has 0 aromatic heterocycles. The number of nitrogens with zero attached hydrogens (tertiary/aromatic N) is 1. The number of aliphatic imine (C=N–C) groups is 1. The van der Waals surface area contributed by atoms with E-state index in [4.69, 9.17) is 4.74 Å². The van der Waals surface area contributed by atoms with E-state index in [1.54, 1.807) is 7.11 Å². The molecule has 0 aliphatic rings. The van der Waals surface area contributed by atoms with Crippen LogP contribution in [0.4, 0.5) is 0 Å². The molecule has 0 aliphatic carbocycles. The van der Waals surface area contributed by atoms with Crippen molar-refractivity contribution in [3.05, 3.63) is 90.0 Å². The Labute approximate surface area is 137 Å². The van der Waals surface area contributed by atoms with Gasteiger partial charge in [0.15, 0.2) is 0 Å². The first-order valence-electron chi connectivity index (χ1n) is 7.63. The number of rotatable bonds is 5. The molecule has 2 nitrogen and oxygen atoms in total. The van der Waals surface area contributed by atoms with Crippen LogP contribution in [0.3, 0.4) is 0 Å². The molecule has 0 aliphatic heterocycles. The van der Waals surface area contributed by atoms with Crippen molar-refractivity contribution in [3.63, 3.8) is 0 Å². The zero-order valence-electron chi connectivity index (χ0n) is 13.1. The summed E-state index contributed by atoms with van der Waals surface area (Å²) in [6.07, 6.45) is 1.92. The summed E-state index contributed by atoms with van der Waals surface area (Å²) in [5.41, 5.74) is 4.73. The lowest BCUT2D eigenvalue weighted by molar-refractivity contribution is 0.414. The van der Waals surface area contributed by atoms with E-state index >= 15 is 0 Å². The maximum absolute atomic E-state index is 5.15. The molecular formula is C21H19NO. The molecule has 0 saturated carbocycles. The third-order valence-electron chi connectivity index (χ3n) is 3.69. The van der Waals surface area contributed by atoms with Gasteiger partial charge in [-0.2, -0.15) is 0 Å². The molecule has 3 aromatic carbocycles. The van der Waals surface area contributed by atoms with E-state index in [0.717, 1.165) is 11.3 Å². The van der Waals surface area contributed by atoms with Crippen molar-refractivity contribution in [1.29, 1.82) is 0 Å². The van der Waals surface area contributed by atoms with Crippen molar-refractivity contribution in [2.75, 3.05) is 7.11 Å². The summed E-state index contributed by atoms with van der Waals surface area (Å²) in [4.78, 5) is 4.50. The summed E-state index contributed by atoms with van der Waals surface area (Å²) >= 11 is 0. The van der Waals surface area contributed by atoms with Gasteiger partial charge in [-0.15, -0.1) is 0 Å². The minimum Gasteiger partial charge on any atom is -0.497 e. The summed E-state index contributed by atoms with van der Waals surface area (Å²) in [5, 5.41) is 0. The second kappa shape index (κ2) is 7.41. The van der Waals surface area contributed by atoms with Gasteiger partial charge in [0.1, 0.15) is 5.75 Å². The molecule has 0 saturated heterocycles. The number of ether oxygens (including phenoxy) is 1. The SMILES string of the molecule is COc1ccc(C/N=C/c2ccc(-c3ccccc3)cc2)cc1. The third-order valence-corrected chi connectivity index (χ3v) is 3.69. The van der Waals surface area contributed by atoms with Crippen LogP contribution in [0.1, 0.15) is 11.1 Å². The van der Waals surface area contributed by atoms with Gasteiger partial charge in [0.25, 0.3) is 0 Å². The Morgan fingerprint density at radius 2 is 1.43 bits per heavy atom. The van der Waals surface area contributed by atoms with Crippen molar-refractivity contribution in [2.24, 2.45) is 4.99 Å². The lowest BCUT2D eigenvalue weighted by Gasteiger charge is -2.02. The molecule has 0 bridgehead atoms. The van der Waals surface area contributed by atoms with Gasteiger partial charge in [0, 0.05) is 6.21 Å². The highest BCUT2D eigenvalue weighted by molar-refractivity contribution is 5.81. The maximum Gasteiger partial charge on any atom is 0.118 e. The van der Waals surface area contributed by atoms with Crippen molar-refractivity contribution in [1.82, 2.24) is 0 Å². The quantitative estimate of drug-likeness (QED) is 0.609. The Kier molecular flexibility index (Phi) is 4.85. The molecule has 0 spiro atoms. The van der Waals surface area contributed by atoms with Gasteiger partial charge in [-0.3, -0.25) is 4.99 Å². The number of hydrogen-bond acceptors (Lipinski definition) is 2. The first-order chi connectivity index (χ1) is 11.3. The van der Waals surface area contributed by atoms with Crippen LogP contribution in [0, 0.1) is 0 Å². The second-order valence-electron chi connectivity index (χ2n) is 5.31. The maximum atomic E-state index is 5.15. The van der Waals surface area contributed by atoms with E-state index in [1.807, 2.05) is 36.5 Å². The van der Waals surface area contributed by atoms with Crippen LogP contribution in [0.15, 0.2) is 83.9 Å². The van der Waals surface area contributed by atoms with Crippen LogP contribution in [0.5, 0.6) is 5.75 Å². The van der Waals surface area contributed by atoms with Crippen LogP contribution in [0.2, 0.25) is 0 Å². The van der Waals surface area contributed by atoms with Crippen LogP contribution in [0.25, 0.3) is 11.1 Å². The van der Waals surface area contributed by atoms with Crippen LogP contribution < -0.4 is 4.74 Å². The van der Waals surface area contributed by atoms with E-state index in [0.29, 0.717) is 6.54 Å². The Hall–Kier alpha value is -2.87. The number of benzene rings is 3. The number of methoxy groups -OCH3 is 1. The molecule has 0 unspecified atom stereocenters. The largest absolute Gasteiger partial charge is 0.497 e. The molecular weight excluding hydrogens is 282 g/mol. The molecule has 0 fully saturated rings. The first kappa shape index (κ1) is 15.0. The highest BCUT2D eigenvalue weighted by Gasteiger charge is 1.96. The molecule has 114 valence electrons. The molecule has 23 heavy (non-hydrogen) atoms. The topological polar surface area (TPSA) is 21.6 Å². The van der Waals surface area contributed by atoms with Crippen molar-refractivity contribution >= 4 is 6.21 Å². The second-order valence-corrected chi connectivity index (χ2v) is 5.31. The fraction of sp³-hybridized carbons (Fsp3) is 0.0952. The average molecular weight is 301 g/mol. The molecule has 0 radical (unpaired) electrons. The van der Waals surface area contributed by atoms with Gasteiger partial charge in [-0.1, -0.05) is 66.7 Å². The van der Waals surface area contributed by atoms with Gasteiger partial charge in [-0.05, 0) is 34.4 Å². The molecule has 0 N–H and O–H groups in total. The predicted octanol–water partition coefficient (Wildman–Crippen LogP) is 4.98. The van der Waals surface area contributed by atoms with Gasteiger partial charge < -0.3 is 4.74 Å². The first-order valence-corrected chi connectivity index (χ1v) is 7.63. The highest BCUT2D eigenvalue weighted by atomic mass is 16.5. The van der Waals surface area contributed by atoms with E-state index in [-0.39, 0.29) is 0 Å². The van der Waals surface area contributed by atoms with Crippen molar-refractivity contribution < 1.29 is 4.74 Å². The Morgan fingerprint density at radius 3 is 2.09 bits per heavy atom. The molecule has 3 aromatic rings. The molecule has 3 rings (SSSR count).